The fourth-order valence-electron chi connectivity index (χ4n) is 2.51. The lowest BCUT2D eigenvalue weighted by Gasteiger charge is -2.35. The largest absolute Gasteiger partial charge is 0.511 e. The van der Waals surface area contributed by atoms with Crippen LogP contribution in [0.2, 0.25) is 0 Å². The molecule has 124 valence electrons. The molecule has 0 aromatic heterocycles. The Kier molecular flexibility index (Phi) is 5.63. The molecular weight excluding hydrogens is 288 g/mol. The van der Waals surface area contributed by atoms with Gasteiger partial charge in [0, 0.05) is 6.42 Å². The minimum Gasteiger partial charge on any atom is -0.511 e. The molecule has 0 aromatic rings. The Morgan fingerprint density at radius 3 is 2.05 bits per heavy atom. The van der Waals surface area contributed by atoms with Crippen LogP contribution in [-0.2, 0) is 19.1 Å². The Balaban J connectivity index is 3.36. The summed E-state index contributed by atoms with van der Waals surface area (Å²) < 4.78 is 9.86. The first-order chi connectivity index (χ1) is 10.1. The number of aliphatic hydroxyl groups is 2. The zero-order valence-electron chi connectivity index (χ0n) is 13.7. The van der Waals surface area contributed by atoms with Crippen molar-refractivity contribution in [1.29, 1.82) is 0 Å². The predicted molar refractivity (Wildman–Crippen MR) is 80.1 cm³/mol. The van der Waals surface area contributed by atoms with Gasteiger partial charge in [-0.1, -0.05) is 20.8 Å². The summed E-state index contributed by atoms with van der Waals surface area (Å²) in [5.41, 5.74) is -0.620. The van der Waals surface area contributed by atoms with Crippen LogP contribution in [-0.4, -0.2) is 35.4 Å². The molecule has 0 fully saturated rings. The fourth-order valence-corrected chi connectivity index (χ4v) is 2.51. The molecule has 0 radical (unpaired) electrons. The van der Waals surface area contributed by atoms with Crippen LogP contribution in [0, 0.1) is 11.3 Å². The molecular formula is C16H24O6. The maximum Gasteiger partial charge on any atom is 0.338 e. The molecule has 0 heterocycles. The summed E-state index contributed by atoms with van der Waals surface area (Å²) >= 11 is 0. The number of esters is 2. The van der Waals surface area contributed by atoms with Gasteiger partial charge in [-0.3, -0.25) is 0 Å². The highest BCUT2D eigenvalue weighted by Crippen LogP contribution is 2.43. The molecule has 0 spiro atoms. The standard InChI is InChI=1S/C16H24O6/c1-6-21-14(19)9-8-10(17)11(15(20)22-7-2)12(13(9)18)16(3,4)5/h12,17-18H,6-8H2,1-5H3. The lowest BCUT2D eigenvalue weighted by molar-refractivity contribution is -0.141. The van der Waals surface area contributed by atoms with E-state index in [1.54, 1.807) is 34.6 Å². The zero-order valence-corrected chi connectivity index (χ0v) is 13.7. The van der Waals surface area contributed by atoms with Crippen molar-refractivity contribution in [2.24, 2.45) is 11.3 Å². The van der Waals surface area contributed by atoms with Gasteiger partial charge in [0.15, 0.2) is 0 Å². The maximum absolute atomic E-state index is 12.1. The highest BCUT2D eigenvalue weighted by Gasteiger charge is 2.43. The van der Waals surface area contributed by atoms with Gasteiger partial charge in [0.2, 0.25) is 0 Å². The van der Waals surface area contributed by atoms with Crippen LogP contribution in [0.4, 0.5) is 0 Å². The van der Waals surface area contributed by atoms with E-state index in [0.29, 0.717) is 0 Å². The monoisotopic (exact) mass is 312 g/mol. The molecule has 0 aromatic carbocycles. The lowest BCUT2D eigenvalue weighted by atomic mass is 9.71. The van der Waals surface area contributed by atoms with E-state index < -0.39 is 23.3 Å². The third-order valence-electron chi connectivity index (χ3n) is 3.41. The van der Waals surface area contributed by atoms with Crippen molar-refractivity contribution in [2.75, 3.05) is 13.2 Å². The molecule has 0 saturated heterocycles. The molecule has 0 aliphatic heterocycles. The molecule has 1 rings (SSSR count). The third kappa shape index (κ3) is 3.61. The van der Waals surface area contributed by atoms with Crippen molar-refractivity contribution >= 4 is 11.9 Å². The van der Waals surface area contributed by atoms with Gasteiger partial charge in [-0.15, -0.1) is 0 Å². The van der Waals surface area contributed by atoms with E-state index in [4.69, 9.17) is 9.47 Å². The molecule has 1 aliphatic carbocycles. The molecule has 6 heteroatoms. The molecule has 1 unspecified atom stereocenters. The molecule has 0 bridgehead atoms. The van der Waals surface area contributed by atoms with E-state index >= 15 is 0 Å². The summed E-state index contributed by atoms with van der Waals surface area (Å²) in [4.78, 5) is 24.1. The Hall–Kier alpha value is -1.98. The second-order valence-corrected chi connectivity index (χ2v) is 6.14. The summed E-state index contributed by atoms with van der Waals surface area (Å²) in [6.45, 7) is 9.02. The number of rotatable bonds is 4. The van der Waals surface area contributed by atoms with Gasteiger partial charge in [-0.25, -0.2) is 9.59 Å². The highest BCUT2D eigenvalue weighted by molar-refractivity contribution is 5.95. The number of carbonyl (C=O) groups is 2. The Bertz CT molecular complexity index is 521. The quantitative estimate of drug-likeness (QED) is 0.775. The van der Waals surface area contributed by atoms with Crippen molar-refractivity contribution in [1.82, 2.24) is 0 Å². The number of allylic oxidation sites excluding steroid dienone is 2. The number of hydrogen-bond donors (Lipinski definition) is 2. The van der Waals surface area contributed by atoms with Crippen LogP contribution < -0.4 is 0 Å². The average molecular weight is 312 g/mol. The van der Waals surface area contributed by atoms with Gasteiger partial charge in [0.05, 0.1) is 30.3 Å². The Labute approximate surface area is 130 Å². The van der Waals surface area contributed by atoms with E-state index in [0.717, 1.165) is 0 Å². The van der Waals surface area contributed by atoms with Crippen LogP contribution in [0.1, 0.15) is 41.0 Å². The van der Waals surface area contributed by atoms with Crippen LogP contribution in [0.25, 0.3) is 0 Å². The second kappa shape index (κ2) is 6.85. The number of hydrogen-bond acceptors (Lipinski definition) is 6. The topological polar surface area (TPSA) is 93.1 Å². The predicted octanol–water partition coefficient (Wildman–Crippen LogP) is 2.80. The van der Waals surface area contributed by atoms with Crippen molar-refractivity contribution in [3.05, 3.63) is 22.7 Å². The average Bonchev–Trinajstić information content (AvgIpc) is 2.39. The zero-order chi connectivity index (χ0) is 17.1. The summed E-state index contributed by atoms with van der Waals surface area (Å²) in [7, 11) is 0. The normalized spacial score (nSPS) is 19.2. The Morgan fingerprint density at radius 1 is 1.09 bits per heavy atom. The number of carbonyl (C=O) groups excluding carboxylic acids is 2. The minimum atomic E-state index is -0.834. The molecule has 22 heavy (non-hydrogen) atoms. The van der Waals surface area contributed by atoms with Crippen molar-refractivity contribution in [3.63, 3.8) is 0 Å². The van der Waals surface area contributed by atoms with E-state index in [2.05, 4.69) is 0 Å². The summed E-state index contributed by atoms with van der Waals surface area (Å²) in [5.74, 6) is -2.72. The molecule has 0 amide bonds. The van der Waals surface area contributed by atoms with E-state index in [1.807, 2.05) is 0 Å². The van der Waals surface area contributed by atoms with Crippen molar-refractivity contribution in [3.8, 4) is 0 Å². The third-order valence-corrected chi connectivity index (χ3v) is 3.41. The summed E-state index contributed by atoms with van der Waals surface area (Å²) in [6.07, 6.45) is -0.245. The van der Waals surface area contributed by atoms with Gasteiger partial charge in [-0.05, 0) is 19.3 Å². The van der Waals surface area contributed by atoms with Crippen LogP contribution in [0.5, 0.6) is 0 Å². The van der Waals surface area contributed by atoms with E-state index in [9.17, 15) is 19.8 Å². The maximum atomic E-state index is 12.1. The van der Waals surface area contributed by atoms with Gasteiger partial charge in [0.25, 0.3) is 0 Å². The Morgan fingerprint density at radius 2 is 1.59 bits per heavy atom. The number of ether oxygens (including phenoxy) is 2. The molecule has 2 N–H and O–H groups in total. The molecule has 1 aliphatic rings. The number of aliphatic hydroxyl groups excluding tert-OH is 2. The van der Waals surface area contributed by atoms with Crippen molar-refractivity contribution < 1.29 is 29.3 Å². The first kappa shape index (κ1) is 18.1. The first-order valence-corrected chi connectivity index (χ1v) is 7.33. The van der Waals surface area contributed by atoms with E-state index in [1.165, 1.54) is 0 Å². The van der Waals surface area contributed by atoms with Gasteiger partial charge >= 0.3 is 11.9 Å². The van der Waals surface area contributed by atoms with E-state index in [-0.39, 0.29) is 42.3 Å². The molecule has 1 atom stereocenters. The smallest absolute Gasteiger partial charge is 0.338 e. The van der Waals surface area contributed by atoms with Crippen LogP contribution in [0.3, 0.4) is 0 Å². The minimum absolute atomic E-state index is 0.0000940. The van der Waals surface area contributed by atoms with Gasteiger partial charge in [-0.2, -0.15) is 0 Å². The highest BCUT2D eigenvalue weighted by atomic mass is 16.5. The van der Waals surface area contributed by atoms with Crippen LogP contribution in [0.15, 0.2) is 22.7 Å². The summed E-state index contributed by atoms with van der Waals surface area (Å²) in [6, 6.07) is 0. The SMILES string of the molecule is CCOC(=O)C1=C(O)C(C(C)(C)C)C(C(=O)OCC)=C(O)C1. The fraction of sp³-hybridized carbons (Fsp3) is 0.625. The van der Waals surface area contributed by atoms with Gasteiger partial charge < -0.3 is 19.7 Å². The van der Waals surface area contributed by atoms with Gasteiger partial charge in [0.1, 0.15) is 11.5 Å². The lowest BCUT2D eigenvalue weighted by Crippen LogP contribution is -2.34. The second-order valence-electron chi connectivity index (χ2n) is 6.14. The molecule has 0 saturated carbocycles. The van der Waals surface area contributed by atoms with Crippen LogP contribution >= 0.6 is 0 Å². The molecule has 6 nitrogen and oxygen atoms in total. The van der Waals surface area contributed by atoms with Crippen molar-refractivity contribution in [2.45, 2.75) is 41.0 Å². The first-order valence-electron chi connectivity index (χ1n) is 7.33. The summed E-state index contributed by atoms with van der Waals surface area (Å²) in [5, 5.41) is 20.7.